The smallest absolute Gasteiger partial charge is 0.239 e. The summed E-state index contributed by atoms with van der Waals surface area (Å²) in [5.41, 5.74) is 2.80. The minimum atomic E-state index is -1.16. The molecule has 200 valence electrons. The molecule has 1 saturated heterocycles. The lowest BCUT2D eigenvalue weighted by Gasteiger charge is -2.37. The molecule has 0 radical (unpaired) electrons. The number of imide groups is 1. The summed E-state index contributed by atoms with van der Waals surface area (Å²) in [6, 6.07) is 22.1. The van der Waals surface area contributed by atoms with E-state index in [2.05, 4.69) is 6.07 Å². The second-order valence-corrected chi connectivity index (χ2v) is 12.8. The maximum Gasteiger partial charge on any atom is 0.239 e. The molecule has 2 heterocycles. The predicted octanol–water partition coefficient (Wildman–Crippen LogP) is 6.60. The minimum absolute atomic E-state index is 0.0121. The summed E-state index contributed by atoms with van der Waals surface area (Å²) in [5, 5.41) is 10.6. The Morgan fingerprint density at radius 1 is 0.900 bits per heavy atom. The number of hydrogen-bond donors (Lipinski definition) is 0. The molecule has 0 unspecified atom stereocenters. The Bertz CT molecular complexity index is 1660. The number of aryl methyl sites for hydroxylation is 1. The van der Waals surface area contributed by atoms with Crippen LogP contribution in [0.5, 0.6) is 0 Å². The molecule has 6 heteroatoms. The molecule has 2 aromatic carbocycles. The molecule has 3 aliphatic carbocycles. The van der Waals surface area contributed by atoms with Crippen molar-refractivity contribution in [3.05, 3.63) is 87.8 Å². The molecule has 5 nitrogen and oxygen atoms in total. The molecule has 2 amide bonds. The molecule has 40 heavy (non-hydrogen) atoms. The van der Waals surface area contributed by atoms with Crippen LogP contribution in [0, 0.1) is 34.0 Å². The van der Waals surface area contributed by atoms with Crippen LogP contribution in [-0.4, -0.2) is 17.6 Å². The first-order valence-electron chi connectivity index (χ1n) is 14.2. The first-order valence-corrected chi connectivity index (χ1v) is 15.1. The molecule has 0 spiro atoms. The average molecular weight is 547 g/mol. The highest BCUT2D eigenvalue weighted by atomic mass is 32.1. The number of benzene rings is 2. The molecule has 1 aromatic heterocycles. The summed E-state index contributed by atoms with van der Waals surface area (Å²) >= 11 is 1.42. The molecular weight excluding hydrogens is 516 g/mol. The third-order valence-corrected chi connectivity index (χ3v) is 11.1. The van der Waals surface area contributed by atoms with E-state index in [-0.39, 0.29) is 17.6 Å². The van der Waals surface area contributed by atoms with Gasteiger partial charge in [0.1, 0.15) is 11.1 Å². The minimum Gasteiger partial charge on any atom is -0.298 e. The van der Waals surface area contributed by atoms with Crippen molar-refractivity contribution in [1.82, 2.24) is 0 Å². The van der Waals surface area contributed by atoms with Gasteiger partial charge in [0.25, 0.3) is 0 Å². The number of hydrogen-bond acceptors (Lipinski definition) is 5. The fourth-order valence-electron chi connectivity index (χ4n) is 8.38. The Morgan fingerprint density at radius 2 is 1.50 bits per heavy atom. The van der Waals surface area contributed by atoms with E-state index >= 15 is 0 Å². The topological polar surface area (TPSA) is 78.2 Å². The van der Waals surface area contributed by atoms with Crippen molar-refractivity contribution in [2.24, 2.45) is 22.7 Å². The maximum atomic E-state index is 14.8. The standard InChI is InChI=1S/C34H30N2O3S/c1-3-18-34-26(21-14-8-5-9-15-21)25(20-12-6-4-7-13-20)33(2,32(34)39)27-28(34)30(38)36(29(27)37)31-23(19-35)22-16-10-11-17-24(22)40-31/h4-9,12-15,27-28H,3,10-11,16-18H2,1-2H3/t27-,28+,33-,34+/m0/s1. The van der Waals surface area contributed by atoms with Crippen LogP contribution in [0.1, 0.15) is 66.7 Å². The third kappa shape index (κ3) is 2.94. The number of amides is 2. The molecule has 1 aliphatic heterocycles. The van der Waals surface area contributed by atoms with Gasteiger partial charge in [-0.1, -0.05) is 74.0 Å². The van der Waals surface area contributed by atoms with Gasteiger partial charge in [0.2, 0.25) is 11.8 Å². The van der Waals surface area contributed by atoms with Crippen LogP contribution < -0.4 is 4.90 Å². The second kappa shape index (κ2) is 8.84. The van der Waals surface area contributed by atoms with E-state index in [9.17, 15) is 19.6 Å². The van der Waals surface area contributed by atoms with Crippen LogP contribution in [0.25, 0.3) is 11.1 Å². The van der Waals surface area contributed by atoms with Gasteiger partial charge in [-0.2, -0.15) is 5.26 Å². The van der Waals surface area contributed by atoms with Gasteiger partial charge in [0.05, 0.1) is 28.2 Å². The van der Waals surface area contributed by atoms with Gasteiger partial charge in [-0.25, -0.2) is 4.90 Å². The number of nitrogens with zero attached hydrogens (tertiary/aromatic N) is 2. The van der Waals surface area contributed by atoms with Crippen molar-refractivity contribution in [2.45, 2.75) is 52.4 Å². The molecule has 7 rings (SSSR count). The molecule has 3 aromatic rings. The number of nitriles is 1. The lowest BCUT2D eigenvalue weighted by Crippen LogP contribution is -2.41. The SMILES string of the molecule is CCC[C@@]12C(=O)[C@@](C)(C(c3ccccc3)=C1c1ccccc1)[C@@H]1C(=O)N(c3sc4c(c3C#N)CCCC4)C(=O)[C@@H]12. The van der Waals surface area contributed by atoms with Crippen LogP contribution in [0.15, 0.2) is 60.7 Å². The molecule has 4 atom stereocenters. The first-order chi connectivity index (χ1) is 19.4. The number of carbonyl (C=O) groups is 3. The first kappa shape index (κ1) is 25.2. The summed E-state index contributed by atoms with van der Waals surface area (Å²) in [4.78, 5) is 46.3. The average Bonchev–Trinajstić information content (AvgIpc) is 3.60. The van der Waals surface area contributed by atoms with Crippen molar-refractivity contribution >= 4 is 45.1 Å². The van der Waals surface area contributed by atoms with E-state index in [1.807, 2.05) is 74.5 Å². The van der Waals surface area contributed by atoms with Crippen LogP contribution in [0.3, 0.4) is 0 Å². The number of ketones is 1. The van der Waals surface area contributed by atoms with Gasteiger partial charge < -0.3 is 0 Å². The third-order valence-electron chi connectivity index (χ3n) is 9.79. The summed E-state index contributed by atoms with van der Waals surface area (Å²) in [6.07, 6.45) is 4.89. The van der Waals surface area contributed by atoms with E-state index in [1.54, 1.807) is 0 Å². The van der Waals surface area contributed by atoms with Crippen LogP contribution in [0.4, 0.5) is 5.00 Å². The number of Topliss-reactive ketones (excluding diaryl/α,β-unsaturated/α-hetero) is 1. The predicted molar refractivity (Wildman–Crippen MR) is 155 cm³/mol. The van der Waals surface area contributed by atoms with Crippen molar-refractivity contribution < 1.29 is 14.4 Å². The summed E-state index contributed by atoms with van der Waals surface area (Å²) in [6.45, 7) is 3.93. The van der Waals surface area contributed by atoms with Gasteiger partial charge in [-0.15, -0.1) is 11.3 Å². The Morgan fingerprint density at radius 3 is 2.12 bits per heavy atom. The zero-order chi connectivity index (χ0) is 27.8. The van der Waals surface area contributed by atoms with E-state index < -0.39 is 22.7 Å². The quantitative estimate of drug-likeness (QED) is 0.338. The Labute approximate surface area is 238 Å². The van der Waals surface area contributed by atoms with Crippen LogP contribution in [-0.2, 0) is 27.2 Å². The molecular formula is C34H30N2O3S. The van der Waals surface area contributed by atoms with Crippen molar-refractivity contribution in [3.8, 4) is 6.07 Å². The fraction of sp³-hybridized carbons (Fsp3) is 0.353. The number of anilines is 1. The van der Waals surface area contributed by atoms with Gasteiger partial charge >= 0.3 is 0 Å². The fourth-order valence-corrected chi connectivity index (χ4v) is 9.73. The highest BCUT2D eigenvalue weighted by Crippen LogP contribution is 2.75. The largest absolute Gasteiger partial charge is 0.298 e. The zero-order valence-corrected chi connectivity index (χ0v) is 23.5. The molecule has 1 saturated carbocycles. The van der Waals surface area contributed by atoms with Crippen LogP contribution >= 0.6 is 11.3 Å². The van der Waals surface area contributed by atoms with Crippen LogP contribution in [0.2, 0.25) is 0 Å². The lowest BCUT2D eigenvalue weighted by molar-refractivity contribution is -0.134. The molecule has 4 aliphatic rings. The molecule has 0 N–H and O–H groups in total. The summed E-state index contributed by atoms with van der Waals surface area (Å²) in [7, 11) is 0. The Kier molecular flexibility index (Phi) is 5.56. The monoisotopic (exact) mass is 546 g/mol. The number of rotatable bonds is 5. The number of allylic oxidation sites excluding steroid dienone is 2. The highest BCUT2D eigenvalue weighted by molar-refractivity contribution is 7.17. The van der Waals surface area contributed by atoms with Gasteiger partial charge in [-0.3, -0.25) is 14.4 Å². The Balaban J connectivity index is 1.49. The normalized spacial score (nSPS) is 28.7. The highest BCUT2D eigenvalue weighted by Gasteiger charge is 2.80. The Hall–Kier alpha value is -3.82. The lowest BCUT2D eigenvalue weighted by atomic mass is 9.61. The second-order valence-electron chi connectivity index (χ2n) is 11.7. The number of carbonyl (C=O) groups excluding carboxylic acids is 3. The van der Waals surface area contributed by atoms with E-state index in [0.717, 1.165) is 58.4 Å². The van der Waals surface area contributed by atoms with Crippen molar-refractivity contribution in [1.29, 1.82) is 5.26 Å². The number of fused-ring (bicyclic) bond motifs is 6. The van der Waals surface area contributed by atoms with Gasteiger partial charge in [0, 0.05) is 4.88 Å². The van der Waals surface area contributed by atoms with Crippen molar-refractivity contribution in [3.63, 3.8) is 0 Å². The van der Waals surface area contributed by atoms with E-state index in [0.29, 0.717) is 23.4 Å². The molecule has 2 bridgehead atoms. The van der Waals surface area contributed by atoms with Gasteiger partial charge in [-0.05, 0) is 66.9 Å². The summed E-state index contributed by atoms with van der Waals surface area (Å²) < 4.78 is 0. The summed E-state index contributed by atoms with van der Waals surface area (Å²) in [5.74, 6) is -2.25. The van der Waals surface area contributed by atoms with E-state index in [4.69, 9.17) is 0 Å². The maximum absolute atomic E-state index is 14.8. The number of thiophene rings is 1. The molecule has 2 fully saturated rings. The van der Waals surface area contributed by atoms with E-state index in [1.165, 1.54) is 16.2 Å². The van der Waals surface area contributed by atoms with Crippen molar-refractivity contribution in [2.75, 3.05) is 4.90 Å². The zero-order valence-electron chi connectivity index (χ0n) is 22.7. The van der Waals surface area contributed by atoms with Gasteiger partial charge in [0.15, 0.2) is 5.78 Å².